The monoisotopic (exact) mass is 289 g/mol. The summed E-state index contributed by atoms with van der Waals surface area (Å²) in [5.41, 5.74) is 1.38. The van der Waals surface area contributed by atoms with Gasteiger partial charge in [0.1, 0.15) is 0 Å². The molecule has 0 N–H and O–H groups in total. The Morgan fingerprint density at radius 2 is 1.68 bits per heavy atom. The lowest BCUT2D eigenvalue weighted by molar-refractivity contribution is 0.0965. The Balaban J connectivity index is 2.17. The summed E-state index contributed by atoms with van der Waals surface area (Å²) in [6.45, 7) is 0. The zero-order valence-electron chi connectivity index (χ0n) is 9.81. The molecule has 0 spiro atoms. The van der Waals surface area contributed by atoms with Crippen LogP contribution in [0.3, 0.4) is 0 Å². The molecule has 3 aromatic rings. The normalized spacial score (nSPS) is 10.8. The summed E-state index contributed by atoms with van der Waals surface area (Å²) in [7, 11) is 0. The first kappa shape index (κ1) is 12.3. The summed E-state index contributed by atoms with van der Waals surface area (Å²) in [5.74, 6) is -0.0889. The SMILES string of the molecule is O=C(c1ccccc1)n1ccc2c(Cl)c(Cl)ccc21. The quantitative estimate of drug-likeness (QED) is 0.640. The maximum Gasteiger partial charge on any atom is 0.262 e. The Morgan fingerprint density at radius 1 is 0.947 bits per heavy atom. The van der Waals surface area contributed by atoms with Gasteiger partial charge in [0.05, 0.1) is 15.6 Å². The molecule has 94 valence electrons. The van der Waals surface area contributed by atoms with Crippen molar-refractivity contribution < 1.29 is 4.79 Å². The number of rotatable bonds is 1. The first-order valence-corrected chi connectivity index (χ1v) is 6.49. The van der Waals surface area contributed by atoms with Crippen molar-refractivity contribution in [3.63, 3.8) is 0 Å². The molecule has 0 unspecified atom stereocenters. The lowest BCUT2D eigenvalue weighted by Gasteiger charge is -2.05. The van der Waals surface area contributed by atoms with E-state index < -0.39 is 0 Å². The average Bonchev–Trinajstić information content (AvgIpc) is 2.87. The summed E-state index contributed by atoms with van der Waals surface area (Å²) in [5, 5.41) is 1.73. The van der Waals surface area contributed by atoms with Gasteiger partial charge in [-0.2, -0.15) is 0 Å². The fraction of sp³-hybridized carbons (Fsp3) is 0. The Kier molecular flexibility index (Phi) is 3.05. The lowest BCUT2D eigenvalue weighted by atomic mass is 10.2. The van der Waals surface area contributed by atoms with Crippen LogP contribution >= 0.6 is 23.2 Å². The van der Waals surface area contributed by atoms with Crippen LogP contribution in [0.4, 0.5) is 0 Å². The Morgan fingerprint density at radius 3 is 2.42 bits per heavy atom. The van der Waals surface area contributed by atoms with Crippen molar-refractivity contribution in [2.45, 2.75) is 0 Å². The highest BCUT2D eigenvalue weighted by atomic mass is 35.5. The number of benzene rings is 2. The fourth-order valence-electron chi connectivity index (χ4n) is 2.05. The van der Waals surface area contributed by atoms with Crippen LogP contribution in [-0.4, -0.2) is 10.5 Å². The van der Waals surface area contributed by atoms with Gasteiger partial charge in [-0.25, -0.2) is 0 Å². The van der Waals surface area contributed by atoms with E-state index in [1.165, 1.54) is 0 Å². The van der Waals surface area contributed by atoms with Crippen LogP contribution < -0.4 is 0 Å². The molecule has 0 saturated carbocycles. The predicted octanol–water partition coefficient (Wildman–Crippen LogP) is 4.64. The summed E-state index contributed by atoms with van der Waals surface area (Å²) in [6, 6.07) is 14.4. The smallest absolute Gasteiger partial charge is 0.262 e. The van der Waals surface area contributed by atoms with Crippen molar-refractivity contribution >= 4 is 40.0 Å². The highest BCUT2D eigenvalue weighted by molar-refractivity contribution is 6.45. The number of hydrogen-bond donors (Lipinski definition) is 0. The van der Waals surface area contributed by atoms with Crippen LogP contribution in [0.25, 0.3) is 10.9 Å². The van der Waals surface area contributed by atoms with E-state index in [9.17, 15) is 4.79 Å². The molecule has 1 aromatic heterocycles. The number of hydrogen-bond acceptors (Lipinski definition) is 1. The second-order valence-electron chi connectivity index (χ2n) is 4.15. The largest absolute Gasteiger partial charge is 0.283 e. The molecule has 0 amide bonds. The van der Waals surface area contributed by atoms with Crippen molar-refractivity contribution in [1.29, 1.82) is 0 Å². The summed E-state index contributed by atoms with van der Waals surface area (Å²) < 4.78 is 1.58. The van der Waals surface area contributed by atoms with Gasteiger partial charge in [-0.15, -0.1) is 0 Å². The standard InChI is InChI=1S/C15H9Cl2NO/c16-12-6-7-13-11(14(12)17)8-9-18(13)15(19)10-4-2-1-3-5-10/h1-9H. The highest BCUT2D eigenvalue weighted by Crippen LogP contribution is 2.31. The first-order valence-electron chi connectivity index (χ1n) is 5.73. The van der Waals surface area contributed by atoms with Crippen molar-refractivity contribution in [3.8, 4) is 0 Å². The van der Waals surface area contributed by atoms with Crippen LogP contribution in [0.1, 0.15) is 10.4 Å². The molecule has 0 atom stereocenters. The van der Waals surface area contributed by atoms with Crippen molar-refractivity contribution in [3.05, 3.63) is 70.3 Å². The maximum absolute atomic E-state index is 12.4. The summed E-state index contributed by atoms with van der Waals surface area (Å²) in [6.07, 6.45) is 1.71. The van der Waals surface area contributed by atoms with Gasteiger partial charge < -0.3 is 0 Å². The molecule has 0 aliphatic rings. The van der Waals surface area contributed by atoms with Crippen LogP contribution in [-0.2, 0) is 0 Å². The van der Waals surface area contributed by atoms with E-state index in [1.807, 2.05) is 18.2 Å². The van der Waals surface area contributed by atoms with Crippen LogP contribution in [0.15, 0.2) is 54.7 Å². The van der Waals surface area contributed by atoms with Crippen molar-refractivity contribution in [1.82, 2.24) is 4.57 Å². The molecule has 2 nitrogen and oxygen atoms in total. The molecule has 0 aliphatic heterocycles. The molecule has 0 saturated heterocycles. The first-order chi connectivity index (χ1) is 9.18. The van der Waals surface area contributed by atoms with Gasteiger partial charge in [0.25, 0.3) is 5.91 Å². The van der Waals surface area contributed by atoms with E-state index >= 15 is 0 Å². The summed E-state index contributed by atoms with van der Waals surface area (Å²) >= 11 is 12.1. The lowest BCUT2D eigenvalue weighted by Crippen LogP contribution is -2.10. The average molecular weight is 290 g/mol. The third kappa shape index (κ3) is 2.03. The molecule has 19 heavy (non-hydrogen) atoms. The molecule has 0 bridgehead atoms. The van der Waals surface area contributed by atoms with Crippen LogP contribution in [0.5, 0.6) is 0 Å². The minimum atomic E-state index is -0.0889. The highest BCUT2D eigenvalue weighted by Gasteiger charge is 2.13. The number of carbonyl (C=O) groups excluding carboxylic acids is 1. The minimum Gasteiger partial charge on any atom is -0.283 e. The molecule has 3 rings (SSSR count). The topological polar surface area (TPSA) is 22.0 Å². The van der Waals surface area contributed by atoms with Gasteiger partial charge in [0, 0.05) is 17.1 Å². The van der Waals surface area contributed by atoms with E-state index in [1.54, 1.807) is 41.1 Å². The van der Waals surface area contributed by atoms with Crippen molar-refractivity contribution in [2.24, 2.45) is 0 Å². The second-order valence-corrected chi connectivity index (χ2v) is 4.94. The number of nitrogens with zero attached hydrogens (tertiary/aromatic N) is 1. The van der Waals surface area contributed by atoms with Crippen LogP contribution in [0, 0.1) is 0 Å². The van der Waals surface area contributed by atoms with Gasteiger partial charge in [-0.1, -0.05) is 41.4 Å². The Hall–Kier alpha value is -1.77. The van der Waals surface area contributed by atoms with Gasteiger partial charge in [0.2, 0.25) is 0 Å². The van der Waals surface area contributed by atoms with E-state index in [2.05, 4.69) is 0 Å². The van der Waals surface area contributed by atoms with E-state index in [0.717, 1.165) is 10.9 Å². The minimum absolute atomic E-state index is 0.0889. The van der Waals surface area contributed by atoms with Gasteiger partial charge in [-0.3, -0.25) is 9.36 Å². The van der Waals surface area contributed by atoms with E-state index in [4.69, 9.17) is 23.2 Å². The van der Waals surface area contributed by atoms with E-state index in [-0.39, 0.29) is 5.91 Å². The molecule has 0 aliphatic carbocycles. The van der Waals surface area contributed by atoms with E-state index in [0.29, 0.717) is 15.6 Å². The molecule has 4 heteroatoms. The molecule has 0 radical (unpaired) electrons. The number of fused-ring (bicyclic) bond motifs is 1. The molecule has 2 aromatic carbocycles. The second kappa shape index (κ2) is 4.72. The molecule has 1 heterocycles. The van der Waals surface area contributed by atoms with Gasteiger partial charge in [0.15, 0.2) is 0 Å². The summed E-state index contributed by atoms with van der Waals surface area (Å²) in [4.78, 5) is 12.4. The Bertz CT molecular complexity index is 762. The number of carbonyl (C=O) groups is 1. The third-order valence-corrected chi connectivity index (χ3v) is 3.82. The van der Waals surface area contributed by atoms with Crippen molar-refractivity contribution in [2.75, 3.05) is 0 Å². The molecular weight excluding hydrogens is 281 g/mol. The predicted molar refractivity (Wildman–Crippen MR) is 78.1 cm³/mol. The third-order valence-electron chi connectivity index (χ3n) is 3.00. The zero-order chi connectivity index (χ0) is 13.4. The molecular formula is C15H9Cl2NO. The Labute approximate surface area is 120 Å². The number of halogens is 2. The van der Waals surface area contributed by atoms with Gasteiger partial charge >= 0.3 is 0 Å². The fourth-order valence-corrected chi connectivity index (χ4v) is 2.44. The maximum atomic E-state index is 12.4. The van der Waals surface area contributed by atoms with Crippen LogP contribution in [0.2, 0.25) is 10.0 Å². The molecule has 0 fully saturated rings. The number of aromatic nitrogens is 1. The zero-order valence-corrected chi connectivity index (χ0v) is 11.3. The van der Waals surface area contributed by atoms with Gasteiger partial charge in [-0.05, 0) is 30.3 Å².